The number of aromatic nitrogens is 1. The van der Waals surface area contributed by atoms with E-state index in [9.17, 15) is 0 Å². The van der Waals surface area contributed by atoms with Crippen LogP contribution in [0, 0.1) is 0 Å². The van der Waals surface area contributed by atoms with Crippen LogP contribution < -0.4 is 5.32 Å². The Balaban J connectivity index is 2.23. The minimum Gasteiger partial charge on any atom is -0.310 e. The zero-order valence-electron chi connectivity index (χ0n) is 10.5. The summed E-state index contributed by atoms with van der Waals surface area (Å²) in [6.45, 7) is 6.68. The van der Waals surface area contributed by atoms with Crippen molar-refractivity contribution < 1.29 is 0 Å². The molecule has 2 rings (SSSR count). The summed E-state index contributed by atoms with van der Waals surface area (Å²) < 4.78 is 0. The molecular formula is C15H17ClN2. The fraction of sp³-hybridized carbons (Fsp3) is 0.267. The molecule has 0 radical (unpaired) electrons. The molecule has 0 amide bonds. The van der Waals surface area contributed by atoms with Crippen molar-refractivity contribution in [2.24, 2.45) is 0 Å². The molecule has 3 heteroatoms. The summed E-state index contributed by atoms with van der Waals surface area (Å²) in [6.07, 6.45) is 4.68. The molecule has 1 N–H and O–H groups in total. The van der Waals surface area contributed by atoms with Gasteiger partial charge in [0, 0.05) is 29.2 Å². The van der Waals surface area contributed by atoms with E-state index in [-0.39, 0.29) is 0 Å². The van der Waals surface area contributed by atoms with Gasteiger partial charge >= 0.3 is 0 Å². The number of fused-ring (bicyclic) bond motifs is 1. The Morgan fingerprint density at radius 1 is 1.44 bits per heavy atom. The van der Waals surface area contributed by atoms with Gasteiger partial charge in [-0.15, -0.1) is 6.58 Å². The predicted molar refractivity (Wildman–Crippen MR) is 77.9 cm³/mol. The Morgan fingerprint density at radius 3 is 3.06 bits per heavy atom. The average Bonchev–Trinajstić information content (AvgIpc) is 2.39. The molecule has 1 unspecified atom stereocenters. The third kappa shape index (κ3) is 2.89. The van der Waals surface area contributed by atoms with E-state index in [1.807, 2.05) is 30.3 Å². The van der Waals surface area contributed by atoms with Crippen molar-refractivity contribution in [2.75, 3.05) is 0 Å². The summed E-state index contributed by atoms with van der Waals surface area (Å²) in [5.74, 6) is 0. The van der Waals surface area contributed by atoms with Crippen molar-refractivity contribution >= 4 is 22.5 Å². The van der Waals surface area contributed by atoms with E-state index in [0.717, 1.165) is 28.9 Å². The SMILES string of the molecule is C=CCC(C)NCc1ccc(Cl)c2cccnc12. The van der Waals surface area contributed by atoms with Crippen LogP contribution in [0.4, 0.5) is 0 Å². The average molecular weight is 261 g/mol. The third-order valence-electron chi connectivity index (χ3n) is 2.96. The topological polar surface area (TPSA) is 24.9 Å². The lowest BCUT2D eigenvalue weighted by Crippen LogP contribution is -2.24. The number of pyridine rings is 1. The van der Waals surface area contributed by atoms with E-state index < -0.39 is 0 Å². The number of hydrogen-bond acceptors (Lipinski definition) is 2. The van der Waals surface area contributed by atoms with Crippen LogP contribution in [0.5, 0.6) is 0 Å². The maximum Gasteiger partial charge on any atom is 0.0761 e. The number of nitrogens with zero attached hydrogens (tertiary/aromatic N) is 1. The highest BCUT2D eigenvalue weighted by Gasteiger charge is 2.06. The van der Waals surface area contributed by atoms with Crippen molar-refractivity contribution in [1.82, 2.24) is 10.3 Å². The predicted octanol–water partition coefficient (Wildman–Crippen LogP) is 3.94. The first-order valence-electron chi connectivity index (χ1n) is 6.08. The molecule has 0 saturated heterocycles. The second kappa shape index (κ2) is 5.98. The van der Waals surface area contributed by atoms with Crippen molar-refractivity contribution in [1.29, 1.82) is 0 Å². The van der Waals surface area contributed by atoms with Gasteiger partial charge in [0.2, 0.25) is 0 Å². The van der Waals surface area contributed by atoms with Crippen LogP contribution >= 0.6 is 11.6 Å². The summed E-state index contributed by atoms with van der Waals surface area (Å²) in [5.41, 5.74) is 2.15. The Bertz CT molecular complexity index is 551. The van der Waals surface area contributed by atoms with Crippen LogP contribution in [0.15, 0.2) is 43.1 Å². The molecule has 94 valence electrons. The zero-order chi connectivity index (χ0) is 13.0. The molecule has 0 aliphatic rings. The zero-order valence-corrected chi connectivity index (χ0v) is 11.2. The van der Waals surface area contributed by atoms with Gasteiger partial charge in [-0.3, -0.25) is 4.98 Å². The van der Waals surface area contributed by atoms with Gasteiger partial charge in [-0.1, -0.05) is 23.7 Å². The van der Waals surface area contributed by atoms with E-state index in [4.69, 9.17) is 11.6 Å². The highest BCUT2D eigenvalue weighted by Crippen LogP contribution is 2.24. The lowest BCUT2D eigenvalue weighted by atomic mass is 10.1. The fourth-order valence-corrected chi connectivity index (χ4v) is 2.17. The number of benzene rings is 1. The number of hydrogen-bond donors (Lipinski definition) is 1. The highest BCUT2D eigenvalue weighted by molar-refractivity contribution is 6.35. The van der Waals surface area contributed by atoms with E-state index in [1.54, 1.807) is 6.20 Å². The summed E-state index contributed by atoms with van der Waals surface area (Å²) in [4.78, 5) is 4.42. The van der Waals surface area contributed by atoms with Crippen LogP contribution in [-0.4, -0.2) is 11.0 Å². The second-order valence-electron chi connectivity index (χ2n) is 4.41. The van der Waals surface area contributed by atoms with E-state index in [0.29, 0.717) is 6.04 Å². The molecule has 2 aromatic rings. The first kappa shape index (κ1) is 13.1. The van der Waals surface area contributed by atoms with Crippen LogP contribution in [0.1, 0.15) is 18.9 Å². The molecule has 1 aromatic heterocycles. The van der Waals surface area contributed by atoms with E-state index >= 15 is 0 Å². The lowest BCUT2D eigenvalue weighted by molar-refractivity contribution is 0.555. The van der Waals surface area contributed by atoms with Crippen molar-refractivity contribution in [3.8, 4) is 0 Å². The van der Waals surface area contributed by atoms with Gasteiger partial charge in [0.15, 0.2) is 0 Å². The van der Waals surface area contributed by atoms with Gasteiger partial charge in [-0.05, 0) is 37.1 Å². The largest absolute Gasteiger partial charge is 0.310 e. The summed E-state index contributed by atoms with van der Waals surface area (Å²) >= 11 is 6.17. The summed E-state index contributed by atoms with van der Waals surface area (Å²) in [7, 11) is 0. The Labute approximate surface area is 113 Å². The quantitative estimate of drug-likeness (QED) is 0.824. The van der Waals surface area contributed by atoms with Crippen molar-refractivity contribution in [2.45, 2.75) is 25.9 Å². The van der Waals surface area contributed by atoms with E-state index in [1.165, 1.54) is 5.56 Å². The number of nitrogens with one attached hydrogen (secondary N) is 1. The molecule has 1 aromatic carbocycles. The van der Waals surface area contributed by atoms with Gasteiger partial charge < -0.3 is 5.32 Å². The Kier molecular flexibility index (Phi) is 4.34. The monoisotopic (exact) mass is 260 g/mol. The maximum atomic E-state index is 6.17. The van der Waals surface area contributed by atoms with Crippen molar-refractivity contribution in [3.63, 3.8) is 0 Å². The maximum absolute atomic E-state index is 6.17. The summed E-state index contributed by atoms with van der Waals surface area (Å²) in [6, 6.07) is 8.29. The molecule has 0 saturated carbocycles. The fourth-order valence-electron chi connectivity index (χ4n) is 1.96. The minimum atomic E-state index is 0.414. The normalized spacial score (nSPS) is 12.6. The molecule has 0 aliphatic heterocycles. The van der Waals surface area contributed by atoms with E-state index in [2.05, 4.69) is 23.8 Å². The highest BCUT2D eigenvalue weighted by atomic mass is 35.5. The van der Waals surface area contributed by atoms with Crippen LogP contribution in [0.2, 0.25) is 5.02 Å². The molecule has 1 heterocycles. The molecule has 0 fully saturated rings. The number of halogens is 1. The molecule has 0 bridgehead atoms. The molecule has 0 aliphatic carbocycles. The van der Waals surface area contributed by atoms with Gasteiger partial charge in [0.1, 0.15) is 0 Å². The van der Waals surface area contributed by atoms with Crippen molar-refractivity contribution in [3.05, 3.63) is 53.7 Å². The molecule has 18 heavy (non-hydrogen) atoms. The smallest absolute Gasteiger partial charge is 0.0761 e. The number of rotatable bonds is 5. The third-order valence-corrected chi connectivity index (χ3v) is 3.29. The van der Waals surface area contributed by atoms with Crippen LogP contribution in [0.25, 0.3) is 10.9 Å². The molecule has 2 nitrogen and oxygen atoms in total. The first-order chi connectivity index (χ1) is 8.72. The van der Waals surface area contributed by atoms with Gasteiger partial charge in [-0.2, -0.15) is 0 Å². The van der Waals surface area contributed by atoms with Gasteiger partial charge in [0.05, 0.1) is 5.52 Å². The first-order valence-corrected chi connectivity index (χ1v) is 6.46. The molecule has 0 spiro atoms. The Morgan fingerprint density at radius 2 is 2.28 bits per heavy atom. The second-order valence-corrected chi connectivity index (χ2v) is 4.82. The van der Waals surface area contributed by atoms with Crippen LogP contribution in [-0.2, 0) is 6.54 Å². The van der Waals surface area contributed by atoms with Crippen LogP contribution in [0.3, 0.4) is 0 Å². The molecule has 1 atom stereocenters. The van der Waals surface area contributed by atoms with Gasteiger partial charge in [0.25, 0.3) is 0 Å². The molecular weight excluding hydrogens is 244 g/mol. The minimum absolute atomic E-state index is 0.414. The van der Waals surface area contributed by atoms with Gasteiger partial charge in [-0.25, -0.2) is 0 Å². The standard InChI is InChI=1S/C15H17ClN2/c1-3-5-11(2)18-10-12-7-8-14(16)13-6-4-9-17-15(12)13/h3-4,6-9,11,18H,1,5,10H2,2H3. The Hall–Kier alpha value is -1.38. The summed E-state index contributed by atoms with van der Waals surface area (Å²) in [5, 5.41) is 5.22. The lowest BCUT2D eigenvalue weighted by Gasteiger charge is -2.13.